The van der Waals surface area contributed by atoms with E-state index < -0.39 is 5.41 Å². The molecule has 0 radical (unpaired) electrons. The summed E-state index contributed by atoms with van der Waals surface area (Å²) in [6, 6.07) is 0. The van der Waals surface area contributed by atoms with Crippen molar-refractivity contribution in [2.24, 2.45) is 11.1 Å². The molecule has 0 aromatic rings. The predicted octanol–water partition coefficient (Wildman–Crippen LogP) is 2.01. The molecule has 0 spiro atoms. The number of carbonyl (C=O) groups excluding carboxylic acids is 1. The van der Waals surface area contributed by atoms with Crippen LogP contribution in [0.15, 0.2) is 0 Å². The number of carbonyl (C=O) groups is 1. The van der Waals surface area contributed by atoms with E-state index in [4.69, 9.17) is 15.2 Å². The molecule has 2 rings (SSSR count). The van der Waals surface area contributed by atoms with Crippen molar-refractivity contribution in [3.63, 3.8) is 0 Å². The van der Waals surface area contributed by atoms with E-state index in [1.165, 1.54) is 12.8 Å². The summed E-state index contributed by atoms with van der Waals surface area (Å²) in [6.45, 7) is 1.61. The van der Waals surface area contributed by atoms with Gasteiger partial charge < -0.3 is 15.2 Å². The average molecular weight is 255 g/mol. The molecular formula is C14H25NO3. The van der Waals surface area contributed by atoms with Crippen LogP contribution in [0.25, 0.3) is 0 Å². The maximum absolute atomic E-state index is 12.3. The fraction of sp³-hybridized carbons (Fsp3) is 0.929. The molecule has 0 bridgehead atoms. The lowest BCUT2D eigenvalue weighted by molar-refractivity contribution is -0.159. The first-order valence-electron chi connectivity index (χ1n) is 7.26. The van der Waals surface area contributed by atoms with Gasteiger partial charge in [0, 0.05) is 13.2 Å². The fourth-order valence-electron chi connectivity index (χ4n) is 2.99. The van der Waals surface area contributed by atoms with Crippen LogP contribution in [0.1, 0.15) is 51.4 Å². The Kier molecular flexibility index (Phi) is 5.01. The second-order valence-corrected chi connectivity index (χ2v) is 5.63. The van der Waals surface area contributed by atoms with Crippen LogP contribution in [0, 0.1) is 5.41 Å². The molecule has 2 N–H and O–H groups in total. The monoisotopic (exact) mass is 255 g/mol. The summed E-state index contributed by atoms with van der Waals surface area (Å²) in [5.41, 5.74) is 5.44. The number of hydrogen-bond donors (Lipinski definition) is 1. The normalized spacial score (nSPS) is 27.7. The second kappa shape index (κ2) is 6.53. The Balaban J connectivity index is 1.86. The zero-order valence-electron chi connectivity index (χ0n) is 11.2. The molecule has 1 aliphatic carbocycles. The first-order chi connectivity index (χ1) is 8.77. The number of nitrogens with two attached hydrogens (primary N) is 1. The maximum Gasteiger partial charge on any atom is 0.313 e. The molecule has 104 valence electrons. The molecule has 0 aromatic heterocycles. The predicted molar refractivity (Wildman–Crippen MR) is 69.1 cm³/mol. The quantitative estimate of drug-likeness (QED) is 0.616. The third-order valence-electron chi connectivity index (χ3n) is 4.31. The van der Waals surface area contributed by atoms with Crippen molar-refractivity contribution in [1.82, 2.24) is 0 Å². The maximum atomic E-state index is 12.3. The van der Waals surface area contributed by atoms with Gasteiger partial charge in [0.15, 0.2) is 0 Å². The fourth-order valence-corrected chi connectivity index (χ4v) is 2.99. The van der Waals surface area contributed by atoms with Crippen molar-refractivity contribution in [3.8, 4) is 0 Å². The average Bonchev–Trinajstić information content (AvgIpc) is 2.79. The van der Waals surface area contributed by atoms with Gasteiger partial charge in [-0.15, -0.1) is 0 Å². The van der Waals surface area contributed by atoms with Crippen LogP contribution in [-0.2, 0) is 14.3 Å². The van der Waals surface area contributed by atoms with Gasteiger partial charge in [0.05, 0.1) is 11.5 Å². The summed E-state index contributed by atoms with van der Waals surface area (Å²) in [5, 5.41) is 0. The van der Waals surface area contributed by atoms with Gasteiger partial charge in [0.1, 0.15) is 6.61 Å². The molecule has 1 atom stereocenters. The summed E-state index contributed by atoms with van der Waals surface area (Å²) in [5.74, 6) is -0.0950. The lowest BCUT2D eigenvalue weighted by Gasteiger charge is -2.29. The molecule has 0 aromatic carbocycles. The summed E-state index contributed by atoms with van der Waals surface area (Å²) in [6.07, 6.45) is 8.55. The number of rotatable bonds is 4. The molecule has 1 saturated heterocycles. The Morgan fingerprint density at radius 3 is 2.50 bits per heavy atom. The van der Waals surface area contributed by atoms with Crippen molar-refractivity contribution in [1.29, 1.82) is 0 Å². The van der Waals surface area contributed by atoms with Crippen molar-refractivity contribution in [2.45, 2.75) is 57.5 Å². The van der Waals surface area contributed by atoms with Crippen molar-refractivity contribution in [3.05, 3.63) is 0 Å². The molecule has 2 aliphatic rings. The van der Waals surface area contributed by atoms with Crippen LogP contribution in [0.4, 0.5) is 0 Å². The standard InChI is InChI=1S/C14H25NO3/c15-11-14(7-3-1-2-4-8-14)13(16)18-10-12-6-5-9-17-12/h12H,1-11,15H2. The Bertz CT molecular complexity index is 266. The minimum Gasteiger partial charge on any atom is -0.462 e. The molecule has 18 heavy (non-hydrogen) atoms. The van der Waals surface area contributed by atoms with Gasteiger partial charge in [-0.2, -0.15) is 0 Å². The largest absolute Gasteiger partial charge is 0.462 e. The van der Waals surface area contributed by atoms with E-state index in [9.17, 15) is 4.79 Å². The van der Waals surface area contributed by atoms with Crippen LogP contribution in [0.2, 0.25) is 0 Å². The smallest absolute Gasteiger partial charge is 0.313 e. The van der Waals surface area contributed by atoms with E-state index >= 15 is 0 Å². The Labute approximate surface area is 109 Å². The Morgan fingerprint density at radius 1 is 1.22 bits per heavy atom. The van der Waals surface area contributed by atoms with Gasteiger partial charge in [0.25, 0.3) is 0 Å². The third-order valence-corrected chi connectivity index (χ3v) is 4.31. The first kappa shape index (κ1) is 13.8. The molecule has 1 unspecified atom stereocenters. The van der Waals surface area contributed by atoms with Gasteiger partial charge in [0.2, 0.25) is 0 Å². The van der Waals surface area contributed by atoms with Crippen LogP contribution in [-0.4, -0.2) is 31.8 Å². The van der Waals surface area contributed by atoms with Crippen LogP contribution in [0.3, 0.4) is 0 Å². The SMILES string of the molecule is NCC1(C(=O)OCC2CCCO2)CCCCCC1. The van der Waals surface area contributed by atoms with Crippen LogP contribution >= 0.6 is 0 Å². The van der Waals surface area contributed by atoms with E-state index in [0.29, 0.717) is 13.2 Å². The Hall–Kier alpha value is -0.610. The molecule has 1 aliphatic heterocycles. The zero-order valence-corrected chi connectivity index (χ0v) is 11.2. The molecule has 1 saturated carbocycles. The second-order valence-electron chi connectivity index (χ2n) is 5.63. The minimum absolute atomic E-state index is 0.0950. The van der Waals surface area contributed by atoms with Gasteiger partial charge >= 0.3 is 5.97 Å². The highest BCUT2D eigenvalue weighted by molar-refractivity contribution is 5.77. The molecule has 4 heteroatoms. The molecule has 2 fully saturated rings. The van der Waals surface area contributed by atoms with Gasteiger partial charge in [-0.25, -0.2) is 0 Å². The third kappa shape index (κ3) is 3.23. The molecular weight excluding hydrogens is 230 g/mol. The molecule has 0 amide bonds. The van der Waals surface area contributed by atoms with E-state index in [1.807, 2.05) is 0 Å². The van der Waals surface area contributed by atoms with Gasteiger partial charge in [-0.1, -0.05) is 25.7 Å². The number of esters is 1. The first-order valence-corrected chi connectivity index (χ1v) is 7.26. The van der Waals surface area contributed by atoms with Crippen LogP contribution in [0.5, 0.6) is 0 Å². The van der Waals surface area contributed by atoms with Crippen molar-refractivity contribution in [2.75, 3.05) is 19.8 Å². The summed E-state index contributed by atoms with van der Waals surface area (Å²) < 4.78 is 10.9. The van der Waals surface area contributed by atoms with E-state index in [2.05, 4.69) is 0 Å². The molecule has 4 nitrogen and oxygen atoms in total. The summed E-state index contributed by atoms with van der Waals surface area (Å²) in [4.78, 5) is 12.3. The van der Waals surface area contributed by atoms with Crippen molar-refractivity contribution < 1.29 is 14.3 Å². The minimum atomic E-state index is -0.422. The highest BCUT2D eigenvalue weighted by Gasteiger charge is 2.39. The number of ether oxygens (including phenoxy) is 2. The Morgan fingerprint density at radius 2 is 1.94 bits per heavy atom. The topological polar surface area (TPSA) is 61.6 Å². The van der Waals surface area contributed by atoms with E-state index in [1.54, 1.807) is 0 Å². The van der Waals surface area contributed by atoms with E-state index in [0.717, 1.165) is 45.1 Å². The highest BCUT2D eigenvalue weighted by Crippen LogP contribution is 2.35. The van der Waals surface area contributed by atoms with Gasteiger partial charge in [-0.05, 0) is 25.7 Å². The zero-order chi connectivity index (χ0) is 12.8. The number of hydrogen-bond acceptors (Lipinski definition) is 4. The molecule has 1 heterocycles. The lowest BCUT2D eigenvalue weighted by Crippen LogP contribution is -2.40. The highest BCUT2D eigenvalue weighted by atomic mass is 16.6. The van der Waals surface area contributed by atoms with E-state index in [-0.39, 0.29) is 12.1 Å². The van der Waals surface area contributed by atoms with Gasteiger partial charge in [-0.3, -0.25) is 4.79 Å². The van der Waals surface area contributed by atoms with Crippen molar-refractivity contribution >= 4 is 5.97 Å². The van der Waals surface area contributed by atoms with Crippen LogP contribution < -0.4 is 5.73 Å². The summed E-state index contributed by atoms with van der Waals surface area (Å²) in [7, 11) is 0. The lowest BCUT2D eigenvalue weighted by atomic mass is 9.80. The summed E-state index contributed by atoms with van der Waals surface area (Å²) >= 11 is 0.